The van der Waals surface area contributed by atoms with E-state index in [1.807, 2.05) is 6.92 Å². The topological polar surface area (TPSA) is 98.0 Å². The summed E-state index contributed by atoms with van der Waals surface area (Å²) in [6.45, 7) is 1.20. The quantitative estimate of drug-likeness (QED) is 0.420. The summed E-state index contributed by atoms with van der Waals surface area (Å²) in [4.78, 5) is 11.1. The Hall–Kier alpha value is -0.490. The zero-order valence-electron chi connectivity index (χ0n) is 8.26. The molecule has 0 saturated heterocycles. The van der Waals surface area contributed by atoms with E-state index in [0.29, 0.717) is 12.8 Å². The highest BCUT2D eigenvalue weighted by molar-refractivity contribution is 5.78. The standard InChI is InChI=1S/C9H18O5/c1-2-3-6(11)4-7(12)9(14)8(13)5-10/h7-10,12-14H,2-5H2,1H3. The second kappa shape index (κ2) is 6.89. The number of hydrogen-bond donors (Lipinski definition) is 4. The maximum atomic E-state index is 11.1. The highest BCUT2D eigenvalue weighted by Gasteiger charge is 2.25. The van der Waals surface area contributed by atoms with E-state index in [-0.39, 0.29) is 12.2 Å². The number of carbonyl (C=O) groups is 1. The van der Waals surface area contributed by atoms with Crippen molar-refractivity contribution in [1.82, 2.24) is 0 Å². The van der Waals surface area contributed by atoms with E-state index in [4.69, 9.17) is 10.2 Å². The maximum Gasteiger partial charge on any atom is 0.135 e. The summed E-state index contributed by atoms with van der Waals surface area (Å²) in [5.41, 5.74) is 0. The van der Waals surface area contributed by atoms with Crippen molar-refractivity contribution in [2.45, 2.75) is 44.5 Å². The third-order valence-electron chi connectivity index (χ3n) is 1.94. The summed E-state index contributed by atoms with van der Waals surface area (Å²) in [5, 5.41) is 35.9. The molecule has 5 heteroatoms. The normalized spacial score (nSPS) is 17.5. The van der Waals surface area contributed by atoms with Gasteiger partial charge in [-0.25, -0.2) is 0 Å². The van der Waals surface area contributed by atoms with Crippen LogP contribution >= 0.6 is 0 Å². The lowest BCUT2D eigenvalue weighted by Crippen LogP contribution is -2.40. The van der Waals surface area contributed by atoms with Gasteiger partial charge in [0.15, 0.2) is 0 Å². The number of rotatable bonds is 7. The second-order valence-electron chi connectivity index (χ2n) is 3.30. The first-order valence-corrected chi connectivity index (χ1v) is 4.69. The van der Waals surface area contributed by atoms with Gasteiger partial charge in [0, 0.05) is 12.8 Å². The number of carbonyl (C=O) groups excluding carboxylic acids is 1. The molecule has 0 aromatic rings. The number of aliphatic hydroxyl groups is 4. The molecule has 3 atom stereocenters. The Kier molecular flexibility index (Phi) is 6.65. The summed E-state index contributed by atoms with van der Waals surface area (Å²) >= 11 is 0. The van der Waals surface area contributed by atoms with Crippen molar-refractivity contribution in [3.63, 3.8) is 0 Å². The summed E-state index contributed by atoms with van der Waals surface area (Å²) in [5.74, 6) is -0.163. The van der Waals surface area contributed by atoms with E-state index in [1.165, 1.54) is 0 Å². The SMILES string of the molecule is CCCC(=O)CC(O)C(O)C(O)CO. The van der Waals surface area contributed by atoms with E-state index in [9.17, 15) is 15.0 Å². The lowest BCUT2D eigenvalue weighted by atomic mass is 10.0. The van der Waals surface area contributed by atoms with Crippen LogP contribution in [0.2, 0.25) is 0 Å². The van der Waals surface area contributed by atoms with Gasteiger partial charge in [-0.2, -0.15) is 0 Å². The van der Waals surface area contributed by atoms with Crippen LogP contribution in [0.3, 0.4) is 0 Å². The van der Waals surface area contributed by atoms with Gasteiger partial charge in [-0.05, 0) is 6.42 Å². The maximum absolute atomic E-state index is 11.1. The van der Waals surface area contributed by atoms with Gasteiger partial charge in [-0.15, -0.1) is 0 Å². The van der Waals surface area contributed by atoms with Gasteiger partial charge in [0.1, 0.15) is 18.0 Å². The van der Waals surface area contributed by atoms with Crippen LogP contribution in [0.1, 0.15) is 26.2 Å². The molecule has 0 aliphatic carbocycles. The van der Waals surface area contributed by atoms with Crippen molar-refractivity contribution in [2.24, 2.45) is 0 Å². The number of Topliss-reactive ketones (excluding diaryl/α,β-unsaturated/α-hetero) is 1. The molecule has 0 fully saturated rings. The zero-order chi connectivity index (χ0) is 11.1. The first-order chi connectivity index (χ1) is 6.52. The minimum Gasteiger partial charge on any atom is -0.394 e. The number of ketones is 1. The third-order valence-corrected chi connectivity index (χ3v) is 1.94. The number of aliphatic hydroxyl groups excluding tert-OH is 4. The highest BCUT2D eigenvalue weighted by atomic mass is 16.4. The van der Waals surface area contributed by atoms with Gasteiger partial charge in [-0.3, -0.25) is 4.79 Å². The van der Waals surface area contributed by atoms with E-state index < -0.39 is 24.9 Å². The fraction of sp³-hybridized carbons (Fsp3) is 0.889. The molecule has 0 amide bonds. The lowest BCUT2D eigenvalue weighted by molar-refractivity contribution is -0.126. The average Bonchev–Trinajstić information content (AvgIpc) is 2.15. The summed E-state index contributed by atoms with van der Waals surface area (Å²) in [7, 11) is 0. The van der Waals surface area contributed by atoms with Crippen molar-refractivity contribution < 1.29 is 25.2 Å². The molecule has 0 bridgehead atoms. The Morgan fingerprint density at radius 2 is 1.79 bits per heavy atom. The monoisotopic (exact) mass is 206 g/mol. The zero-order valence-corrected chi connectivity index (χ0v) is 8.26. The van der Waals surface area contributed by atoms with Crippen LogP contribution in [0, 0.1) is 0 Å². The van der Waals surface area contributed by atoms with Gasteiger partial charge < -0.3 is 20.4 Å². The molecule has 0 rings (SSSR count). The van der Waals surface area contributed by atoms with Crippen molar-refractivity contribution in [3.8, 4) is 0 Å². The highest BCUT2D eigenvalue weighted by Crippen LogP contribution is 2.06. The molecule has 0 aromatic carbocycles. The molecule has 5 nitrogen and oxygen atoms in total. The second-order valence-corrected chi connectivity index (χ2v) is 3.30. The first-order valence-electron chi connectivity index (χ1n) is 4.69. The molecule has 0 aliphatic heterocycles. The van der Waals surface area contributed by atoms with Crippen molar-refractivity contribution in [3.05, 3.63) is 0 Å². The molecule has 0 saturated carbocycles. The molecule has 0 spiro atoms. The van der Waals surface area contributed by atoms with Crippen LogP contribution < -0.4 is 0 Å². The van der Waals surface area contributed by atoms with Crippen LogP contribution in [0.25, 0.3) is 0 Å². The molecule has 14 heavy (non-hydrogen) atoms. The van der Waals surface area contributed by atoms with Gasteiger partial charge >= 0.3 is 0 Å². The van der Waals surface area contributed by atoms with Gasteiger partial charge in [0.2, 0.25) is 0 Å². The van der Waals surface area contributed by atoms with Gasteiger partial charge in [-0.1, -0.05) is 6.92 Å². The van der Waals surface area contributed by atoms with E-state index >= 15 is 0 Å². The fourth-order valence-electron chi connectivity index (χ4n) is 1.10. The van der Waals surface area contributed by atoms with Crippen molar-refractivity contribution >= 4 is 5.78 Å². The largest absolute Gasteiger partial charge is 0.394 e. The molecule has 0 radical (unpaired) electrons. The minimum absolute atomic E-state index is 0.163. The van der Waals surface area contributed by atoms with Gasteiger partial charge in [0.25, 0.3) is 0 Å². The number of hydrogen-bond acceptors (Lipinski definition) is 5. The summed E-state index contributed by atoms with van der Waals surface area (Å²) in [6, 6.07) is 0. The Balaban J connectivity index is 3.93. The molecule has 3 unspecified atom stereocenters. The lowest BCUT2D eigenvalue weighted by Gasteiger charge is -2.20. The van der Waals surface area contributed by atoms with E-state index in [1.54, 1.807) is 0 Å². The Morgan fingerprint density at radius 1 is 1.21 bits per heavy atom. The average molecular weight is 206 g/mol. The predicted molar refractivity (Wildman–Crippen MR) is 49.6 cm³/mol. The van der Waals surface area contributed by atoms with Crippen LogP contribution in [0.15, 0.2) is 0 Å². The minimum atomic E-state index is -1.47. The summed E-state index contributed by atoms with van der Waals surface area (Å²) < 4.78 is 0. The molecule has 4 N–H and O–H groups in total. The molecular formula is C9H18O5. The molecule has 0 heterocycles. The molecule has 0 aromatic heterocycles. The Bertz CT molecular complexity index is 171. The van der Waals surface area contributed by atoms with Crippen LogP contribution in [-0.2, 0) is 4.79 Å². The van der Waals surface area contributed by atoms with Crippen LogP contribution in [0.4, 0.5) is 0 Å². The van der Waals surface area contributed by atoms with Crippen LogP contribution in [-0.4, -0.2) is 51.1 Å². The van der Waals surface area contributed by atoms with Gasteiger partial charge in [0.05, 0.1) is 12.7 Å². The van der Waals surface area contributed by atoms with Crippen molar-refractivity contribution in [2.75, 3.05) is 6.61 Å². The fourth-order valence-corrected chi connectivity index (χ4v) is 1.10. The third kappa shape index (κ3) is 4.66. The Labute approximate surface area is 83.0 Å². The van der Waals surface area contributed by atoms with Crippen molar-refractivity contribution in [1.29, 1.82) is 0 Å². The van der Waals surface area contributed by atoms with E-state index in [0.717, 1.165) is 0 Å². The predicted octanol–water partition coefficient (Wildman–Crippen LogP) is -1.18. The summed E-state index contributed by atoms with van der Waals surface area (Å²) in [6.07, 6.45) is -3.34. The molecule has 84 valence electrons. The van der Waals surface area contributed by atoms with E-state index in [2.05, 4.69) is 0 Å². The first kappa shape index (κ1) is 13.5. The van der Waals surface area contributed by atoms with Crippen LogP contribution in [0.5, 0.6) is 0 Å². The Morgan fingerprint density at radius 3 is 2.21 bits per heavy atom. The molecule has 0 aliphatic rings. The molecular weight excluding hydrogens is 188 g/mol. The smallest absolute Gasteiger partial charge is 0.135 e.